The van der Waals surface area contributed by atoms with Crippen LogP contribution in [0.2, 0.25) is 0 Å². The maximum absolute atomic E-state index is 11.8. The van der Waals surface area contributed by atoms with E-state index in [4.69, 9.17) is 5.11 Å². The van der Waals surface area contributed by atoms with E-state index in [1.807, 2.05) is 0 Å². The summed E-state index contributed by atoms with van der Waals surface area (Å²) in [5.41, 5.74) is 0.475. The fourth-order valence-corrected chi connectivity index (χ4v) is 1.82. The second kappa shape index (κ2) is 8.91. The van der Waals surface area contributed by atoms with Crippen LogP contribution >= 0.6 is 0 Å². The number of amides is 1. The first-order valence-electron chi connectivity index (χ1n) is 6.92. The molecule has 1 amide bonds. The Hall–Kier alpha value is -2.10. The lowest BCUT2D eigenvalue weighted by Gasteiger charge is -2.07. The topological polar surface area (TPSA) is 66.4 Å². The Morgan fingerprint density at radius 1 is 1.20 bits per heavy atom. The molecule has 0 bridgehead atoms. The van der Waals surface area contributed by atoms with Gasteiger partial charge < -0.3 is 10.4 Å². The van der Waals surface area contributed by atoms with E-state index in [9.17, 15) is 9.59 Å². The minimum Gasteiger partial charge on any atom is -0.478 e. The number of hydrogen-bond acceptors (Lipinski definition) is 2. The van der Waals surface area contributed by atoms with E-state index in [2.05, 4.69) is 24.4 Å². The van der Waals surface area contributed by atoms with Crippen molar-refractivity contribution in [2.45, 2.75) is 39.0 Å². The average molecular weight is 275 g/mol. The highest BCUT2D eigenvalue weighted by Crippen LogP contribution is 2.15. The van der Waals surface area contributed by atoms with Gasteiger partial charge in [-0.1, -0.05) is 31.2 Å². The van der Waals surface area contributed by atoms with Crippen LogP contribution in [0.4, 0.5) is 5.69 Å². The predicted octanol–water partition coefficient (Wildman–Crippen LogP) is 3.85. The highest BCUT2D eigenvalue weighted by molar-refractivity contribution is 6.00. The third kappa shape index (κ3) is 5.69. The van der Waals surface area contributed by atoms with E-state index in [1.165, 1.54) is 6.07 Å². The van der Waals surface area contributed by atoms with E-state index in [0.717, 1.165) is 25.7 Å². The Labute approximate surface area is 119 Å². The van der Waals surface area contributed by atoms with Crippen LogP contribution in [0.15, 0.2) is 36.4 Å². The van der Waals surface area contributed by atoms with E-state index in [1.54, 1.807) is 18.2 Å². The molecule has 0 fully saturated rings. The number of aromatic carboxylic acids is 1. The van der Waals surface area contributed by atoms with Crippen molar-refractivity contribution < 1.29 is 14.7 Å². The van der Waals surface area contributed by atoms with Gasteiger partial charge in [0.25, 0.3) is 0 Å². The van der Waals surface area contributed by atoms with Crippen LogP contribution in [0.5, 0.6) is 0 Å². The molecule has 0 saturated heterocycles. The van der Waals surface area contributed by atoms with Crippen LogP contribution in [0, 0.1) is 0 Å². The Bertz CT molecular complexity index is 480. The smallest absolute Gasteiger partial charge is 0.337 e. The number of para-hydroxylation sites is 1. The summed E-state index contributed by atoms with van der Waals surface area (Å²) in [5, 5.41) is 11.7. The molecule has 1 aromatic carbocycles. The summed E-state index contributed by atoms with van der Waals surface area (Å²) in [6, 6.07) is 6.43. The first-order valence-corrected chi connectivity index (χ1v) is 6.92. The Morgan fingerprint density at radius 3 is 2.65 bits per heavy atom. The summed E-state index contributed by atoms with van der Waals surface area (Å²) in [4.78, 5) is 22.8. The number of anilines is 1. The summed E-state index contributed by atoms with van der Waals surface area (Å²) in [6.45, 7) is 2.09. The molecule has 0 aromatic heterocycles. The van der Waals surface area contributed by atoms with Crippen molar-refractivity contribution in [1.82, 2.24) is 0 Å². The van der Waals surface area contributed by atoms with Gasteiger partial charge in [-0.15, -0.1) is 0 Å². The zero-order valence-corrected chi connectivity index (χ0v) is 11.8. The van der Waals surface area contributed by atoms with E-state index in [-0.39, 0.29) is 11.5 Å². The third-order valence-corrected chi connectivity index (χ3v) is 2.86. The van der Waals surface area contributed by atoms with Crippen LogP contribution in [-0.4, -0.2) is 17.0 Å². The van der Waals surface area contributed by atoms with Crippen molar-refractivity contribution >= 4 is 17.6 Å². The quantitative estimate of drug-likeness (QED) is 0.559. The zero-order valence-electron chi connectivity index (χ0n) is 11.8. The molecular formula is C16H21NO3. The molecule has 0 radical (unpaired) electrons. The number of carboxylic acid groups (broad SMARTS) is 1. The molecule has 0 aliphatic carbocycles. The first kappa shape index (κ1) is 16.0. The molecule has 108 valence electrons. The molecule has 0 aliphatic heterocycles. The molecule has 2 N–H and O–H groups in total. The van der Waals surface area contributed by atoms with Gasteiger partial charge in [-0.3, -0.25) is 4.79 Å². The number of unbranched alkanes of at least 4 members (excludes halogenated alkanes) is 2. The van der Waals surface area contributed by atoms with Gasteiger partial charge in [0.05, 0.1) is 11.3 Å². The normalized spacial score (nSPS) is 10.7. The monoisotopic (exact) mass is 275 g/mol. The minimum atomic E-state index is -1.04. The van der Waals surface area contributed by atoms with Crippen molar-refractivity contribution in [2.75, 3.05) is 5.32 Å². The van der Waals surface area contributed by atoms with Gasteiger partial charge >= 0.3 is 5.97 Å². The standard InChI is InChI=1S/C16H21NO3/c1-2-3-4-5-6-7-12-15(18)17-14-11-9-8-10-13(14)16(19)20/h3-4,8-11H,2,5-7,12H2,1H3,(H,17,18)(H,19,20). The lowest BCUT2D eigenvalue weighted by molar-refractivity contribution is -0.116. The van der Waals surface area contributed by atoms with Gasteiger partial charge in [-0.05, 0) is 37.8 Å². The van der Waals surface area contributed by atoms with Gasteiger partial charge in [0, 0.05) is 6.42 Å². The van der Waals surface area contributed by atoms with Crippen LogP contribution < -0.4 is 5.32 Å². The largest absolute Gasteiger partial charge is 0.478 e. The van der Waals surface area contributed by atoms with E-state index in [0.29, 0.717) is 12.1 Å². The number of carbonyl (C=O) groups excluding carboxylic acids is 1. The maximum atomic E-state index is 11.8. The molecule has 0 heterocycles. The maximum Gasteiger partial charge on any atom is 0.337 e. The fourth-order valence-electron chi connectivity index (χ4n) is 1.82. The summed E-state index contributed by atoms with van der Waals surface area (Å²) in [5.74, 6) is -1.18. The zero-order chi connectivity index (χ0) is 14.8. The predicted molar refractivity (Wildman–Crippen MR) is 79.9 cm³/mol. The highest BCUT2D eigenvalue weighted by atomic mass is 16.4. The average Bonchev–Trinajstić information content (AvgIpc) is 2.43. The molecule has 0 saturated carbocycles. The highest BCUT2D eigenvalue weighted by Gasteiger charge is 2.11. The SMILES string of the molecule is CCC=CCCCCC(=O)Nc1ccccc1C(=O)O. The second-order valence-electron chi connectivity index (χ2n) is 4.52. The van der Waals surface area contributed by atoms with Crippen LogP contribution in [0.1, 0.15) is 49.4 Å². The first-order chi connectivity index (χ1) is 9.65. The van der Waals surface area contributed by atoms with E-state index < -0.39 is 5.97 Å². The van der Waals surface area contributed by atoms with Gasteiger partial charge in [0.1, 0.15) is 0 Å². The lowest BCUT2D eigenvalue weighted by atomic mass is 10.1. The molecule has 1 aromatic rings. The van der Waals surface area contributed by atoms with Crippen molar-refractivity contribution in [2.24, 2.45) is 0 Å². The number of allylic oxidation sites excluding steroid dienone is 2. The molecule has 4 heteroatoms. The van der Waals surface area contributed by atoms with Gasteiger partial charge in [-0.2, -0.15) is 0 Å². The van der Waals surface area contributed by atoms with Gasteiger partial charge in [0.15, 0.2) is 0 Å². The molecule has 0 spiro atoms. The van der Waals surface area contributed by atoms with Crippen molar-refractivity contribution in [3.05, 3.63) is 42.0 Å². The fraction of sp³-hybridized carbons (Fsp3) is 0.375. The Morgan fingerprint density at radius 2 is 1.95 bits per heavy atom. The molecule has 1 rings (SSSR count). The summed E-state index contributed by atoms with van der Waals surface area (Å²) < 4.78 is 0. The molecular weight excluding hydrogens is 254 g/mol. The van der Waals surface area contributed by atoms with Crippen LogP contribution in [-0.2, 0) is 4.79 Å². The summed E-state index contributed by atoms with van der Waals surface area (Å²) >= 11 is 0. The second-order valence-corrected chi connectivity index (χ2v) is 4.52. The van der Waals surface area contributed by atoms with Gasteiger partial charge in [0.2, 0.25) is 5.91 Å². The number of rotatable bonds is 8. The molecule has 0 aliphatic rings. The van der Waals surface area contributed by atoms with Crippen molar-refractivity contribution in [3.8, 4) is 0 Å². The van der Waals surface area contributed by atoms with Crippen LogP contribution in [0.25, 0.3) is 0 Å². The number of benzene rings is 1. The van der Waals surface area contributed by atoms with E-state index >= 15 is 0 Å². The number of nitrogens with one attached hydrogen (secondary N) is 1. The molecule has 0 atom stereocenters. The minimum absolute atomic E-state index is 0.117. The molecule has 4 nitrogen and oxygen atoms in total. The Balaban J connectivity index is 2.39. The van der Waals surface area contributed by atoms with Crippen molar-refractivity contribution in [3.63, 3.8) is 0 Å². The molecule has 0 unspecified atom stereocenters. The van der Waals surface area contributed by atoms with Gasteiger partial charge in [-0.25, -0.2) is 4.79 Å². The van der Waals surface area contributed by atoms with Crippen LogP contribution in [0.3, 0.4) is 0 Å². The number of hydrogen-bond donors (Lipinski definition) is 2. The molecule has 20 heavy (non-hydrogen) atoms. The number of carbonyl (C=O) groups is 2. The summed E-state index contributed by atoms with van der Waals surface area (Å²) in [6.07, 6.45) is 8.42. The third-order valence-electron chi connectivity index (χ3n) is 2.86. The Kier molecular flexibility index (Phi) is 7.11. The lowest BCUT2D eigenvalue weighted by Crippen LogP contribution is -2.14. The van der Waals surface area contributed by atoms with Crippen molar-refractivity contribution in [1.29, 1.82) is 0 Å². The summed E-state index contributed by atoms with van der Waals surface area (Å²) in [7, 11) is 0. The number of carboxylic acids is 1.